The number of aromatic nitrogens is 2. The number of hydrogen-bond donors (Lipinski definition) is 1. The molecule has 4 aromatic rings. The van der Waals surface area contributed by atoms with E-state index in [4.69, 9.17) is 14.9 Å². The Morgan fingerprint density at radius 2 is 1.88 bits per heavy atom. The molecule has 0 saturated heterocycles. The van der Waals surface area contributed by atoms with Crippen LogP contribution in [0.15, 0.2) is 65.2 Å². The second-order valence-corrected chi connectivity index (χ2v) is 5.38. The molecular weight excluding hydrogens is 302 g/mol. The maximum Gasteiger partial charge on any atom is 0.231 e. The lowest BCUT2D eigenvalue weighted by Crippen LogP contribution is -1.95. The topological polar surface area (TPSA) is 74.2 Å². The minimum atomic E-state index is 0.383. The number of anilines is 1. The Kier molecular flexibility index (Phi) is 3.39. The Morgan fingerprint density at radius 1 is 1.00 bits per heavy atom. The third-order valence-electron chi connectivity index (χ3n) is 3.85. The van der Waals surface area contributed by atoms with Crippen molar-refractivity contribution in [1.29, 1.82) is 0 Å². The zero-order valence-electron chi connectivity index (χ0n) is 13.1. The predicted molar refractivity (Wildman–Crippen MR) is 93.6 cm³/mol. The number of nitrogen functional groups attached to an aromatic ring is 1. The van der Waals surface area contributed by atoms with E-state index in [0.29, 0.717) is 17.3 Å². The minimum Gasteiger partial charge on any atom is -0.497 e. The molecule has 0 aliphatic rings. The molecule has 0 spiro atoms. The normalized spacial score (nSPS) is 10.9. The number of oxazole rings is 1. The van der Waals surface area contributed by atoms with Gasteiger partial charge < -0.3 is 14.9 Å². The Hall–Kier alpha value is -3.34. The van der Waals surface area contributed by atoms with Gasteiger partial charge in [0.05, 0.1) is 12.7 Å². The van der Waals surface area contributed by atoms with Gasteiger partial charge in [-0.05, 0) is 35.9 Å². The molecule has 5 nitrogen and oxygen atoms in total. The van der Waals surface area contributed by atoms with Crippen LogP contribution in [0, 0.1) is 0 Å². The van der Waals surface area contributed by atoms with Crippen LogP contribution in [0.3, 0.4) is 0 Å². The second kappa shape index (κ2) is 5.70. The average Bonchev–Trinajstić information content (AvgIpc) is 3.06. The van der Waals surface area contributed by atoms with E-state index in [1.54, 1.807) is 13.3 Å². The molecular formula is C19H15N3O2. The van der Waals surface area contributed by atoms with Gasteiger partial charge >= 0.3 is 0 Å². The summed E-state index contributed by atoms with van der Waals surface area (Å²) < 4.78 is 11.1. The third kappa shape index (κ3) is 2.46. The highest BCUT2D eigenvalue weighted by Crippen LogP contribution is 2.32. The highest BCUT2D eigenvalue weighted by atomic mass is 16.5. The van der Waals surface area contributed by atoms with Crippen LogP contribution >= 0.6 is 0 Å². The largest absolute Gasteiger partial charge is 0.497 e. The van der Waals surface area contributed by atoms with Gasteiger partial charge in [0.25, 0.3) is 0 Å². The molecule has 0 fully saturated rings. The summed E-state index contributed by atoms with van der Waals surface area (Å²) >= 11 is 0. The van der Waals surface area contributed by atoms with Crippen molar-refractivity contribution in [3.8, 4) is 28.3 Å². The van der Waals surface area contributed by atoms with Gasteiger partial charge in [-0.15, -0.1) is 0 Å². The summed E-state index contributed by atoms with van der Waals surface area (Å²) in [5, 5.41) is 0. The summed E-state index contributed by atoms with van der Waals surface area (Å²) in [7, 11) is 1.64. The van der Waals surface area contributed by atoms with Crippen molar-refractivity contribution in [3.63, 3.8) is 0 Å². The molecule has 0 bridgehead atoms. The molecule has 118 valence electrons. The Bertz CT molecular complexity index is 991. The van der Waals surface area contributed by atoms with Crippen LogP contribution in [0.2, 0.25) is 0 Å². The van der Waals surface area contributed by atoms with E-state index in [9.17, 15) is 0 Å². The van der Waals surface area contributed by atoms with Gasteiger partial charge in [-0.3, -0.25) is 0 Å². The summed E-state index contributed by atoms with van der Waals surface area (Å²) in [6, 6.07) is 17.3. The molecule has 0 unspecified atom stereocenters. The first-order valence-electron chi connectivity index (χ1n) is 7.50. The van der Waals surface area contributed by atoms with E-state index in [1.165, 1.54) is 0 Å². The Balaban J connectivity index is 1.83. The molecule has 4 rings (SSSR count). The number of hydrogen-bond acceptors (Lipinski definition) is 5. The predicted octanol–water partition coefficient (Wildman–Crippen LogP) is 4.15. The maximum atomic E-state index is 6.04. The van der Waals surface area contributed by atoms with E-state index in [-0.39, 0.29) is 0 Å². The van der Waals surface area contributed by atoms with Gasteiger partial charge in [-0.1, -0.05) is 24.3 Å². The Morgan fingerprint density at radius 3 is 2.71 bits per heavy atom. The third-order valence-corrected chi connectivity index (χ3v) is 3.85. The number of ether oxygens (including phenoxy) is 1. The highest BCUT2D eigenvalue weighted by molar-refractivity contribution is 5.81. The zero-order valence-corrected chi connectivity index (χ0v) is 13.1. The first-order chi connectivity index (χ1) is 11.7. The number of nitrogens with zero attached hydrogens (tertiary/aromatic N) is 2. The Labute approximate surface area is 138 Å². The van der Waals surface area contributed by atoms with E-state index < -0.39 is 0 Å². The van der Waals surface area contributed by atoms with Crippen molar-refractivity contribution in [2.75, 3.05) is 12.8 Å². The number of nitrogens with two attached hydrogens (primary N) is 1. The number of pyridine rings is 1. The van der Waals surface area contributed by atoms with Crippen molar-refractivity contribution < 1.29 is 9.15 Å². The number of benzene rings is 2. The summed E-state index contributed by atoms with van der Waals surface area (Å²) in [5.74, 6) is 1.63. The lowest BCUT2D eigenvalue weighted by molar-refractivity contribution is 0.415. The molecule has 2 N–H and O–H groups in total. The van der Waals surface area contributed by atoms with Crippen LogP contribution in [0.4, 0.5) is 5.82 Å². The van der Waals surface area contributed by atoms with Crippen LogP contribution in [-0.2, 0) is 0 Å². The molecule has 0 radical (unpaired) electrons. The average molecular weight is 317 g/mol. The van der Waals surface area contributed by atoms with Gasteiger partial charge in [-0.25, -0.2) is 9.97 Å². The molecule has 2 heterocycles. The molecule has 5 heteroatoms. The van der Waals surface area contributed by atoms with Gasteiger partial charge in [0, 0.05) is 11.8 Å². The van der Waals surface area contributed by atoms with Crippen LogP contribution in [0.5, 0.6) is 5.75 Å². The molecule has 24 heavy (non-hydrogen) atoms. The van der Waals surface area contributed by atoms with Crippen LogP contribution in [-0.4, -0.2) is 17.1 Å². The molecule has 0 amide bonds. The highest BCUT2D eigenvalue weighted by Gasteiger charge is 2.13. The molecule has 2 aromatic carbocycles. The lowest BCUT2D eigenvalue weighted by atomic mass is 10.1. The first kappa shape index (κ1) is 14.3. The van der Waals surface area contributed by atoms with Crippen molar-refractivity contribution in [2.24, 2.45) is 0 Å². The fraction of sp³-hybridized carbons (Fsp3) is 0.0526. The first-order valence-corrected chi connectivity index (χ1v) is 7.50. The van der Waals surface area contributed by atoms with Gasteiger partial charge in [0.15, 0.2) is 5.58 Å². The SMILES string of the molecule is COc1cccc(-c2cnc(N)c(-c3nc4ccccc4o3)c2)c1. The van der Waals surface area contributed by atoms with Gasteiger partial charge in [0.1, 0.15) is 17.1 Å². The zero-order chi connectivity index (χ0) is 16.5. The van der Waals surface area contributed by atoms with Gasteiger partial charge in [0.2, 0.25) is 5.89 Å². The fourth-order valence-corrected chi connectivity index (χ4v) is 2.59. The number of methoxy groups -OCH3 is 1. The molecule has 0 aliphatic heterocycles. The van der Waals surface area contributed by atoms with Gasteiger partial charge in [-0.2, -0.15) is 0 Å². The molecule has 0 atom stereocenters. The lowest BCUT2D eigenvalue weighted by Gasteiger charge is -2.07. The number of fused-ring (bicyclic) bond motifs is 1. The van der Waals surface area contributed by atoms with Crippen molar-refractivity contribution in [3.05, 3.63) is 60.8 Å². The van der Waals surface area contributed by atoms with E-state index >= 15 is 0 Å². The second-order valence-electron chi connectivity index (χ2n) is 5.38. The molecule has 0 saturated carbocycles. The maximum absolute atomic E-state index is 6.04. The standard InChI is InChI=1S/C19H15N3O2/c1-23-14-6-4-5-12(9-14)13-10-15(18(20)21-11-13)19-22-16-7-2-3-8-17(16)24-19/h2-11H,1H3,(H2,20,21). The van der Waals surface area contributed by atoms with Crippen molar-refractivity contribution in [2.45, 2.75) is 0 Å². The van der Waals surface area contributed by atoms with Crippen LogP contribution in [0.1, 0.15) is 0 Å². The summed E-state index contributed by atoms with van der Waals surface area (Å²) in [5.41, 5.74) is 10.1. The quantitative estimate of drug-likeness (QED) is 0.614. The molecule has 2 aromatic heterocycles. The van der Waals surface area contributed by atoms with Crippen molar-refractivity contribution >= 4 is 16.9 Å². The fourth-order valence-electron chi connectivity index (χ4n) is 2.59. The van der Waals surface area contributed by atoms with E-state index in [2.05, 4.69) is 9.97 Å². The minimum absolute atomic E-state index is 0.383. The summed E-state index contributed by atoms with van der Waals surface area (Å²) in [6.45, 7) is 0. The smallest absolute Gasteiger partial charge is 0.231 e. The summed E-state index contributed by atoms with van der Waals surface area (Å²) in [4.78, 5) is 8.80. The summed E-state index contributed by atoms with van der Waals surface area (Å²) in [6.07, 6.45) is 1.73. The number of rotatable bonds is 3. The van der Waals surface area contributed by atoms with Crippen LogP contribution in [0.25, 0.3) is 33.7 Å². The monoisotopic (exact) mass is 317 g/mol. The van der Waals surface area contributed by atoms with Crippen molar-refractivity contribution in [1.82, 2.24) is 9.97 Å². The van der Waals surface area contributed by atoms with Crippen LogP contribution < -0.4 is 10.5 Å². The number of para-hydroxylation sites is 2. The molecule has 0 aliphatic carbocycles. The van der Waals surface area contributed by atoms with E-state index in [0.717, 1.165) is 28.0 Å². The van der Waals surface area contributed by atoms with E-state index in [1.807, 2.05) is 54.6 Å².